The second-order valence-electron chi connectivity index (χ2n) is 7.54. The van der Waals surface area contributed by atoms with Crippen LogP contribution in [0.3, 0.4) is 0 Å². The molecule has 0 amide bonds. The molecule has 0 saturated carbocycles. The van der Waals surface area contributed by atoms with Crippen LogP contribution in [0.2, 0.25) is 0 Å². The lowest BCUT2D eigenvalue weighted by atomic mass is 10.1. The topological polar surface area (TPSA) is 43.4 Å². The fourth-order valence-corrected chi connectivity index (χ4v) is 4.11. The summed E-state index contributed by atoms with van der Waals surface area (Å²) in [6.07, 6.45) is 0. The van der Waals surface area contributed by atoms with E-state index in [-0.39, 0.29) is 0 Å². The van der Waals surface area contributed by atoms with Gasteiger partial charge in [-0.2, -0.15) is 0 Å². The molecule has 6 heteroatoms. The molecule has 6 nitrogen and oxygen atoms in total. The number of ether oxygens (including phenoxy) is 4. The molecule has 3 heterocycles. The van der Waals surface area contributed by atoms with E-state index in [2.05, 4.69) is 34.1 Å². The number of hydrogen-bond donors (Lipinski definition) is 0. The molecule has 0 N–H and O–H groups in total. The van der Waals surface area contributed by atoms with Crippen LogP contribution in [0.4, 0.5) is 0 Å². The molecule has 28 heavy (non-hydrogen) atoms. The van der Waals surface area contributed by atoms with Crippen molar-refractivity contribution in [1.29, 1.82) is 0 Å². The lowest BCUT2D eigenvalue weighted by Crippen LogP contribution is -2.35. The van der Waals surface area contributed by atoms with Crippen LogP contribution in [0.25, 0.3) is 0 Å². The number of benzene rings is 2. The highest BCUT2D eigenvalue weighted by Gasteiger charge is 2.22. The van der Waals surface area contributed by atoms with E-state index in [0.29, 0.717) is 13.4 Å². The van der Waals surface area contributed by atoms with Crippen LogP contribution in [0.15, 0.2) is 36.4 Å². The average Bonchev–Trinajstić information content (AvgIpc) is 3.11. The minimum Gasteiger partial charge on any atom is -0.492 e. The van der Waals surface area contributed by atoms with Crippen LogP contribution in [0.1, 0.15) is 16.7 Å². The van der Waals surface area contributed by atoms with Gasteiger partial charge in [0.05, 0.1) is 13.2 Å². The van der Waals surface area contributed by atoms with Gasteiger partial charge in [-0.15, -0.1) is 0 Å². The van der Waals surface area contributed by atoms with Gasteiger partial charge in [0.2, 0.25) is 6.79 Å². The van der Waals surface area contributed by atoms with Gasteiger partial charge >= 0.3 is 0 Å². The Labute approximate surface area is 165 Å². The molecule has 0 atom stereocenters. The Balaban J connectivity index is 1.31. The van der Waals surface area contributed by atoms with Crippen LogP contribution in [0, 0.1) is 0 Å². The van der Waals surface area contributed by atoms with Crippen molar-refractivity contribution >= 4 is 0 Å². The zero-order chi connectivity index (χ0) is 18.8. The molecule has 0 spiro atoms. The van der Waals surface area contributed by atoms with Crippen molar-refractivity contribution in [1.82, 2.24) is 9.80 Å². The first-order valence-corrected chi connectivity index (χ1v) is 10.00. The molecule has 0 aliphatic carbocycles. The third kappa shape index (κ3) is 3.81. The summed E-state index contributed by atoms with van der Waals surface area (Å²) < 4.78 is 22.7. The zero-order valence-corrected chi connectivity index (χ0v) is 16.1. The minimum absolute atomic E-state index is 0.309. The van der Waals surface area contributed by atoms with Gasteiger partial charge in [-0.1, -0.05) is 18.2 Å². The van der Waals surface area contributed by atoms with E-state index in [1.165, 1.54) is 16.7 Å². The maximum absolute atomic E-state index is 6.02. The van der Waals surface area contributed by atoms with Gasteiger partial charge in [0.25, 0.3) is 0 Å². The van der Waals surface area contributed by atoms with Crippen LogP contribution in [0.5, 0.6) is 17.2 Å². The molecule has 0 bridgehead atoms. The fourth-order valence-electron chi connectivity index (χ4n) is 4.11. The standard InChI is InChI=1S/C22H26N2O4/c1-2-18(22-21(3-1)27-16-28-22)14-24-8-11-26-20-5-4-17(12-19(20)15-24)13-23-6-9-25-10-7-23/h1-5,12H,6-11,13-16H2. The number of rotatable bonds is 4. The number of para-hydroxylation sites is 1. The quantitative estimate of drug-likeness (QED) is 0.810. The van der Waals surface area contributed by atoms with E-state index >= 15 is 0 Å². The van der Waals surface area contributed by atoms with Crippen LogP contribution < -0.4 is 14.2 Å². The number of morpholine rings is 1. The monoisotopic (exact) mass is 382 g/mol. The summed E-state index contributed by atoms with van der Waals surface area (Å²) in [7, 11) is 0. The van der Waals surface area contributed by atoms with E-state index in [4.69, 9.17) is 18.9 Å². The van der Waals surface area contributed by atoms with Gasteiger partial charge in [0, 0.05) is 50.4 Å². The SMILES string of the molecule is c1cc(CN2CCOc3ccc(CN4CCOCC4)cc3C2)c2c(c1)OCO2. The molecule has 0 unspecified atom stereocenters. The fraction of sp³-hybridized carbons (Fsp3) is 0.455. The summed E-state index contributed by atoms with van der Waals surface area (Å²) in [5.74, 6) is 2.73. The van der Waals surface area contributed by atoms with Gasteiger partial charge in [-0.25, -0.2) is 0 Å². The third-order valence-electron chi connectivity index (χ3n) is 5.57. The second-order valence-corrected chi connectivity index (χ2v) is 7.54. The molecule has 5 rings (SSSR count). The Bertz CT molecular complexity index is 835. The smallest absolute Gasteiger partial charge is 0.231 e. The summed E-state index contributed by atoms with van der Waals surface area (Å²) in [5.41, 5.74) is 3.76. The van der Waals surface area contributed by atoms with Gasteiger partial charge < -0.3 is 18.9 Å². The Hall–Kier alpha value is -2.28. The van der Waals surface area contributed by atoms with Crippen molar-refractivity contribution in [3.05, 3.63) is 53.1 Å². The van der Waals surface area contributed by atoms with Crippen molar-refractivity contribution in [2.45, 2.75) is 19.6 Å². The Morgan fingerprint density at radius 3 is 2.61 bits per heavy atom. The molecular weight excluding hydrogens is 356 g/mol. The maximum atomic E-state index is 6.02. The molecule has 1 saturated heterocycles. The van der Waals surface area contributed by atoms with E-state index < -0.39 is 0 Å². The van der Waals surface area contributed by atoms with Gasteiger partial charge in [0.15, 0.2) is 11.5 Å². The highest BCUT2D eigenvalue weighted by Crippen LogP contribution is 2.36. The first kappa shape index (κ1) is 17.8. The molecule has 148 valence electrons. The summed E-state index contributed by atoms with van der Waals surface area (Å²) in [4.78, 5) is 4.87. The Morgan fingerprint density at radius 2 is 1.68 bits per heavy atom. The summed E-state index contributed by atoms with van der Waals surface area (Å²) in [6.45, 7) is 8.21. The average molecular weight is 382 g/mol. The van der Waals surface area contributed by atoms with E-state index in [1.54, 1.807) is 0 Å². The number of hydrogen-bond acceptors (Lipinski definition) is 6. The Morgan fingerprint density at radius 1 is 0.786 bits per heavy atom. The minimum atomic E-state index is 0.309. The molecule has 3 aliphatic heterocycles. The van der Waals surface area contributed by atoms with Crippen LogP contribution in [-0.2, 0) is 24.4 Å². The van der Waals surface area contributed by atoms with Crippen molar-refractivity contribution in [3.63, 3.8) is 0 Å². The summed E-state index contributed by atoms with van der Waals surface area (Å²) in [6, 6.07) is 12.7. The van der Waals surface area contributed by atoms with E-state index in [1.807, 2.05) is 12.1 Å². The van der Waals surface area contributed by atoms with Crippen molar-refractivity contribution in [2.75, 3.05) is 46.2 Å². The second kappa shape index (κ2) is 7.99. The molecule has 2 aromatic rings. The van der Waals surface area contributed by atoms with E-state index in [9.17, 15) is 0 Å². The Kier molecular flexibility index (Phi) is 5.08. The number of nitrogens with zero attached hydrogens (tertiary/aromatic N) is 2. The normalized spacial score (nSPS) is 19.7. The first-order valence-electron chi connectivity index (χ1n) is 10.00. The van der Waals surface area contributed by atoms with Gasteiger partial charge in [-0.05, 0) is 23.8 Å². The van der Waals surface area contributed by atoms with Crippen molar-refractivity contribution in [2.24, 2.45) is 0 Å². The van der Waals surface area contributed by atoms with Gasteiger partial charge in [-0.3, -0.25) is 9.80 Å². The lowest BCUT2D eigenvalue weighted by molar-refractivity contribution is 0.0342. The zero-order valence-electron chi connectivity index (χ0n) is 16.1. The van der Waals surface area contributed by atoms with Crippen molar-refractivity contribution < 1.29 is 18.9 Å². The molecule has 3 aliphatic rings. The largest absolute Gasteiger partial charge is 0.492 e. The van der Waals surface area contributed by atoms with Crippen LogP contribution >= 0.6 is 0 Å². The molecule has 0 radical (unpaired) electrons. The molecule has 1 fully saturated rings. The highest BCUT2D eigenvalue weighted by molar-refractivity contribution is 5.48. The predicted molar refractivity (Wildman–Crippen MR) is 105 cm³/mol. The maximum Gasteiger partial charge on any atom is 0.231 e. The highest BCUT2D eigenvalue weighted by atomic mass is 16.7. The van der Waals surface area contributed by atoms with Gasteiger partial charge in [0.1, 0.15) is 12.4 Å². The predicted octanol–water partition coefficient (Wildman–Crippen LogP) is 2.64. The molecule has 0 aromatic heterocycles. The third-order valence-corrected chi connectivity index (χ3v) is 5.57. The summed E-state index contributed by atoms with van der Waals surface area (Å²) in [5, 5.41) is 0. The van der Waals surface area contributed by atoms with Crippen LogP contribution in [-0.4, -0.2) is 56.0 Å². The first-order chi connectivity index (χ1) is 13.8. The molecule has 2 aromatic carbocycles. The molecular formula is C22H26N2O4. The lowest BCUT2D eigenvalue weighted by Gasteiger charge is -2.27. The van der Waals surface area contributed by atoms with E-state index in [0.717, 1.165) is 69.7 Å². The summed E-state index contributed by atoms with van der Waals surface area (Å²) >= 11 is 0. The number of fused-ring (bicyclic) bond motifs is 2. The van der Waals surface area contributed by atoms with Crippen molar-refractivity contribution in [3.8, 4) is 17.2 Å².